The first kappa shape index (κ1) is 14.1. The lowest BCUT2D eigenvalue weighted by atomic mass is 10.00. The molecule has 0 radical (unpaired) electrons. The number of amides is 2. The molecule has 6 nitrogen and oxygen atoms in total. The number of benzene rings is 1. The number of nitro benzene ring substituents is 1. The first-order valence-corrected chi connectivity index (χ1v) is 6.11. The number of hydrogen-bond acceptors (Lipinski definition) is 4. The van der Waals surface area contributed by atoms with Gasteiger partial charge >= 0.3 is 5.69 Å². The molecule has 20 heavy (non-hydrogen) atoms. The fourth-order valence-corrected chi connectivity index (χ4v) is 2.18. The molecule has 2 atom stereocenters. The van der Waals surface area contributed by atoms with Crippen molar-refractivity contribution in [2.24, 2.45) is 11.8 Å². The third kappa shape index (κ3) is 2.15. The molecule has 1 aromatic carbocycles. The van der Waals surface area contributed by atoms with Crippen molar-refractivity contribution in [1.29, 1.82) is 0 Å². The number of nitrogens with zero attached hydrogens (tertiary/aromatic N) is 2. The third-order valence-electron chi connectivity index (χ3n) is 3.64. The molecule has 0 saturated carbocycles. The van der Waals surface area contributed by atoms with Crippen molar-refractivity contribution in [3.63, 3.8) is 0 Å². The van der Waals surface area contributed by atoms with Crippen molar-refractivity contribution in [3.8, 4) is 0 Å². The Kier molecular flexibility index (Phi) is 3.52. The predicted molar refractivity (Wildman–Crippen MR) is 66.9 cm³/mol. The summed E-state index contributed by atoms with van der Waals surface area (Å²) in [4.78, 5) is 34.6. The van der Waals surface area contributed by atoms with E-state index in [0.717, 1.165) is 11.0 Å². The van der Waals surface area contributed by atoms with Crippen molar-refractivity contribution in [2.75, 3.05) is 0 Å². The van der Waals surface area contributed by atoms with E-state index in [1.807, 2.05) is 0 Å². The maximum absolute atomic E-state index is 13.9. The summed E-state index contributed by atoms with van der Waals surface area (Å²) in [5.41, 5.74) is -0.704. The van der Waals surface area contributed by atoms with Crippen molar-refractivity contribution < 1.29 is 18.9 Å². The summed E-state index contributed by atoms with van der Waals surface area (Å²) < 4.78 is 13.9. The normalized spacial score (nSPS) is 22.4. The molecule has 1 aliphatic heterocycles. The molecule has 2 rings (SSSR count). The Bertz CT molecular complexity index is 582. The number of carbonyl (C=O) groups excluding carboxylic acids is 2. The molecule has 1 heterocycles. The number of rotatable bonds is 3. The van der Waals surface area contributed by atoms with Crippen LogP contribution in [-0.4, -0.2) is 21.6 Å². The first-order chi connectivity index (χ1) is 9.34. The summed E-state index contributed by atoms with van der Waals surface area (Å²) in [6.07, 6.45) is 0. The van der Waals surface area contributed by atoms with E-state index in [2.05, 4.69) is 0 Å². The van der Waals surface area contributed by atoms with Crippen LogP contribution in [0.3, 0.4) is 0 Å². The van der Waals surface area contributed by atoms with Gasteiger partial charge in [0.2, 0.25) is 17.6 Å². The largest absolute Gasteiger partial charge is 0.305 e. The van der Waals surface area contributed by atoms with Crippen molar-refractivity contribution in [2.45, 2.75) is 20.4 Å². The second kappa shape index (κ2) is 4.99. The van der Waals surface area contributed by atoms with Crippen LogP contribution in [0.1, 0.15) is 19.4 Å². The molecule has 1 aliphatic rings. The number of likely N-dealkylation sites (tertiary alicyclic amines) is 1. The fraction of sp³-hybridized carbons (Fsp3) is 0.385. The number of imide groups is 1. The van der Waals surface area contributed by atoms with Crippen LogP contribution in [0.15, 0.2) is 18.2 Å². The molecule has 0 aromatic heterocycles. The van der Waals surface area contributed by atoms with Crippen molar-refractivity contribution in [1.82, 2.24) is 4.90 Å². The number of carbonyl (C=O) groups is 2. The lowest BCUT2D eigenvalue weighted by molar-refractivity contribution is -0.387. The molecule has 0 N–H and O–H groups in total. The van der Waals surface area contributed by atoms with E-state index in [9.17, 15) is 24.1 Å². The van der Waals surface area contributed by atoms with Gasteiger partial charge in [0.25, 0.3) is 0 Å². The van der Waals surface area contributed by atoms with Gasteiger partial charge < -0.3 is 0 Å². The zero-order valence-electron chi connectivity index (χ0n) is 11.0. The van der Waals surface area contributed by atoms with Gasteiger partial charge in [-0.25, -0.2) is 0 Å². The molecule has 1 fully saturated rings. The van der Waals surface area contributed by atoms with Gasteiger partial charge in [0.05, 0.1) is 11.5 Å². The van der Waals surface area contributed by atoms with Crippen LogP contribution in [0.2, 0.25) is 0 Å². The maximum atomic E-state index is 13.9. The monoisotopic (exact) mass is 280 g/mol. The highest BCUT2D eigenvalue weighted by atomic mass is 19.1. The molecule has 1 saturated heterocycles. The zero-order valence-corrected chi connectivity index (χ0v) is 11.0. The molecule has 0 aliphatic carbocycles. The molecule has 1 aromatic rings. The van der Waals surface area contributed by atoms with Gasteiger partial charge in [0, 0.05) is 23.5 Å². The summed E-state index contributed by atoms with van der Waals surface area (Å²) >= 11 is 0. The first-order valence-electron chi connectivity index (χ1n) is 6.11. The van der Waals surface area contributed by atoms with Gasteiger partial charge in [0.1, 0.15) is 0 Å². The maximum Gasteiger partial charge on any atom is 0.305 e. The van der Waals surface area contributed by atoms with E-state index < -0.39 is 28.3 Å². The number of halogens is 1. The Hall–Kier alpha value is -2.31. The Morgan fingerprint density at radius 2 is 1.80 bits per heavy atom. The molecular formula is C13H13FN2O4. The van der Waals surface area contributed by atoms with E-state index in [1.54, 1.807) is 13.8 Å². The second-order valence-electron chi connectivity index (χ2n) is 4.85. The highest BCUT2D eigenvalue weighted by Crippen LogP contribution is 2.28. The third-order valence-corrected chi connectivity index (χ3v) is 3.64. The molecule has 2 amide bonds. The standard InChI is InChI=1S/C13H13FN2O4/c1-7-8(2)13(18)15(12(7)17)6-9-4-3-5-10(11(9)14)16(19)20/h3-5,7-8H,6H2,1-2H3. The summed E-state index contributed by atoms with van der Waals surface area (Å²) in [7, 11) is 0. The van der Waals surface area contributed by atoms with Gasteiger partial charge in [-0.2, -0.15) is 4.39 Å². The van der Waals surface area contributed by atoms with Crippen LogP contribution in [0.4, 0.5) is 10.1 Å². The Balaban J connectivity index is 2.32. The van der Waals surface area contributed by atoms with Crippen LogP contribution in [0, 0.1) is 27.8 Å². The van der Waals surface area contributed by atoms with E-state index in [1.165, 1.54) is 12.1 Å². The van der Waals surface area contributed by atoms with Gasteiger partial charge in [-0.15, -0.1) is 0 Å². The molecule has 0 bridgehead atoms. The molecule has 2 unspecified atom stereocenters. The van der Waals surface area contributed by atoms with Gasteiger partial charge in [-0.05, 0) is 0 Å². The van der Waals surface area contributed by atoms with Crippen LogP contribution in [-0.2, 0) is 16.1 Å². The number of nitro groups is 1. The van der Waals surface area contributed by atoms with Crippen LogP contribution in [0.5, 0.6) is 0 Å². The molecular weight excluding hydrogens is 267 g/mol. The molecule has 0 spiro atoms. The SMILES string of the molecule is CC1C(=O)N(Cc2cccc([N+](=O)[O-])c2F)C(=O)C1C. The van der Waals surface area contributed by atoms with E-state index in [4.69, 9.17) is 0 Å². The predicted octanol–water partition coefficient (Wildman–Crippen LogP) is 1.87. The highest BCUT2D eigenvalue weighted by Gasteiger charge is 2.42. The fourth-order valence-electron chi connectivity index (χ4n) is 2.18. The van der Waals surface area contributed by atoms with Gasteiger partial charge in [-0.1, -0.05) is 26.0 Å². The molecule has 106 valence electrons. The quantitative estimate of drug-likeness (QED) is 0.481. The minimum absolute atomic E-state index is 0.0396. The lowest BCUT2D eigenvalue weighted by Gasteiger charge is -2.14. The minimum atomic E-state index is -1.01. The summed E-state index contributed by atoms with van der Waals surface area (Å²) in [6.45, 7) is 2.99. The topological polar surface area (TPSA) is 80.5 Å². The lowest BCUT2D eigenvalue weighted by Crippen LogP contribution is -2.30. The minimum Gasteiger partial charge on any atom is -0.278 e. The Morgan fingerprint density at radius 1 is 1.25 bits per heavy atom. The summed E-state index contributed by atoms with van der Waals surface area (Å²) in [5.74, 6) is -2.68. The average Bonchev–Trinajstić information content (AvgIpc) is 2.58. The van der Waals surface area contributed by atoms with Crippen molar-refractivity contribution in [3.05, 3.63) is 39.7 Å². The summed E-state index contributed by atoms with van der Waals surface area (Å²) in [6, 6.07) is 3.70. The summed E-state index contributed by atoms with van der Waals surface area (Å²) in [5, 5.41) is 10.7. The van der Waals surface area contributed by atoms with E-state index >= 15 is 0 Å². The van der Waals surface area contributed by atoms with Crippen molar-refractivity contribution >= 4 is 17.5 Å². The van der Waals surface area contributed by atoms with Crippen LogP contribution >= 0.6 is 0 Å². The Morgan fingerprint density at radius 3 is 2.30 bits per heavy atom. The van der Waals surface area contributed by atoms with Crippen LogP contribution in [0.25, 0.3) is 0 Å². The zero-order chi connectivity index (χ0) is 15.0. The van der Waals surface area contributed by atoms with Gasteiger partial charge in [-0.3, -0.25) is 24.6 Å². The second-order valence-corrected chi connectivity index (χ2v) is 4.85. The highest BCUT2D eigenvalue weighted by molar-refractivity contribution is 6.04. The Labute approximate surface area is 114 Å². The van der Waals surface area contributed by atoms with E-state index in [0.29, 0.717) is 0 Å². The smallest absolute Gasteiger partial charge is 0.278 e. The van der Waals surface area contributed by atoms with Crippen LogP contribution < -0.4 is 0 Å². The number of hydrogen-bond donors (Lipinski definition) is 0. The van der Waals surface area contributed by atoms with E-state index in [-0.39, 0.29) is 23.9 Å². The average molecular weight is 280 g/mol. The molecule has 7 heteroatoms. The van der Waals surface area contributed by atoms with Gasteiger partial charge in [0.15, 0.2) is 0 Å².